The maximum absolute atomic E-state index is 11.0. The molecule has 0 aliphatic rings. The van der Waals surface area contributed by atoms with E-state index < -0.39 is 17.6 Å². The lowest BCUT2D eigenvalue weighted by atomic mass is 9.84. The summed E-state index contributed by atoms with van der Waals surface area (Å²) in [5, 5.41) is 12.1. The molecular weight excluding hydrogens is 432 g/mol. The number of nitriles is 1. The number of nitrogens with zero attached hydrogens (tertiary/aromatic N) is 1. The van der Waals surface area contributed by atoms with Crippen LogP contribution in [-0.2, 0) is 6.42 Å². The highest BCUT2D eigenvalue weighted by Crippen LogP contribution is 2.37. The summed E-state index contributed by atoms with van der Waals surface area (Å²) in [6, 6.07) is 30.1. The van der Waals surface area contributed by atoms with Crippen molar-refractivity contribution in [1.29, 1.82) is 5.26 Å². The second-order valence-corrected chi connectivity index (χ2v) is 9.75. The summed E-state index contributed by atoms with van der Waals surface area (Å²) in [6.07, 6.45) is 1.02. The van der Waals surface area contributed by atoms with Crippen molar-refractivity contribution < 1.29 is 9.53 Å². The molecular formula is C31H30N2O2. The number of benzene rings is 4. The Labute approximate surface area is 207 Å². The Morgan fingerprint density at radius 2 is 1.71 bits per heavy atom. The number of carbonyl (C=O) groups excluding carboxylic acids is 1. The van der Waals surface area contributed by atoms with Gasteiger partial charge < -0.3 is 10.5 Å². The molecule has 0 amide bonds. The van der Waals surface area contributed by atoms with Crippen LogP contribution < -0.4 is 10.5 Å². The molecule has 2 atom stereocenters. The summed E-state index contributed by atoms with van der Waals surface area (Å²) in [7, 11) is 0. The highest BCUT2D eigenvalue weighted by atomic mass is 16.5. The Morgan fingerprint density at radius 1 is 0.971 bits per heavy atom. The number of ether oxygens (including phenoxy) is 1. The fourth-order valence-electron chi connectivity index (χ4n) is 4.45. The van der Waals surface area contributed by atoms with Crippen molar-refractivity contribution in [2.24, 2.45) is 11.7 Å². The monoisotopic (exact) mass is 462 g/mol. The molecule has 2 N–H and O–H groups in total. The zero-order valence-electron chi connectivity index (χ0n) is 20.4. The van der Waals surface area contributed by atoms with Crippen molar-refractivity contribution in [3.05, 3.63) is 102 Å². The van der Waals surface area contributed by atoms with Crippen LogP contribution in [0, 0.1) is 17.2 Å². The molecule has 0 aromatic heterocycles. The fraction of sp³-hybridized carbons (Fsp3) is 0.226. The van der Waals surface area contributed by atoms with Crippen LogP contribution in [0.4, 0.5) is 0 Å². The van der Waals surface area contributed by atoms with E-state index in [0.29, 0.717) is 17.7 Å². The second-order valence-electron chi connectivity index (χ2n) is 9.75. The third-order valence-corrected chi connectivity index (χ3v) is 6.13. The van der Waals surface area contributed by atoms with E-state index in [9.17, 15) is 10.1 Å². The Bertz CT molecular complexity index is 1380. The molecule has 4 aromatic carbocycles. The minimum atomic E-state index is -0.476. The third kappa shape index (κ3) is 5.59. The number of hydrogen-bond acceptors (Lipinski definition) is 4. The van der Waals surface area contributed by atoms with E-state index in [1.54, 1.807) is 12.1 Å². The van der Waals surface area contributed by atoms with Gasteiger partial charge in [0, 0.05) is 16.7 Å². The van der Waals surface area contributed by atoms with Crippen molar-refractivity contribution in [3.63, 3.8) is 0 Å². The van der Waals surface area contributed by atoms with E-state index in [0.717, 1.165) is 39.3 Å². The summed E-state index contributed by atoms with van der Waals surface area (Å²) in [6.45, 7) is 5.91. The fourth-order valence-corrected chi connectivity index (χ4v) is 4.45. The van der Waals surface area contributed by atoms with Crippen molar-refractivity contribution in [3.8, 4) is 22.9 Å². The maximum Gasteiger partial charge on any atom is 0.150 e. The molecule has 2 unspecified atom stereocenters. The van der Waals surface area contributed by atoms with Gasteiger partial charge in [-0.25, -0.2) is 0 Å². The molecule has 0 saturated heterocycles. The Morgan fingerprint density at radius 3 is 2.40 bits per heavy atom. The van der Waals surface area contributed by atoms with Crippen LogP contribution in [0.2, 0.25) is 0 Å². The third-order valence-electron chi connectivity index (χ3n) is 6.13. The first-order valence-electron chi connectivity index (χ1n) is 11.8. The molecule has 0 saturated carbocycles. The summed E-state index contributed by atoms with van der Waals surface area (Å²) < 4.78 is 6.60. The van der Waals surface area contributed by atoms with E-state index in [1.165, 1.54) is 0 Å². The average molecular weight is 463 g/mol. The van der Waals surface area contributed by atoms with Crippen molar-refractivity contribution in [1.82, 2.24) is 0 Å². The Balaban J connectivity index is 1.80. The van der Waals surface area contributed by atoms with Gasteiger partial charge in [-0.3, -0.25) is 4.79 Å². The topological polar surface area (TPSA) is 76.1 Å². The minimum Gasteiger partial charge on any atom is -0.484 e. The molecule has 4 aromatic rings. The van der Waals surface area contributed by atoms with Gasteiger partial charge in [-0.2, -0.15) is 5.26 Å². The lowest BCUT2D eigenvalue weighted by Gasteiger charge is -2.28. The molecule has 0 heterocycles. The van der Waals surface area contributed by atoms with Crippen LogP contribution >= 0.6 is 0 Å². The van der Waals surface area contributed by atoms with E-state index >= 15 is 0 Å². The molecule has 0 radical (unpaired) electrons. The molecule has 4 nitrogen and oxygen atoms in total. The first-order valence-corrected chi connectivity index (χ1v) is 11.8. The first kappa shape index (κ1) is 24.2. The first-order chi connectivity index (χ1) is 16.8. The number of rotatable bonds is 8. The number of aldehydes is 1. The number of nitrogens with two attached hydrogens (primary N) is 1. The molecule has 0 spiro atoms. The van der Waals surface area contributed by atoms with Crippen LogP contribution in [0.3, 0.4) is 0 Å². The zero-order valence-corrected chi connectivity index (χ0v) is 20.4. The minimum absolute atomic E-state index is 0.393. The molecule has 0 fully saturated rings. The Kier molecular flexibility index (Phi) is 7.00. The van der Waals surface area contributed by atoms with Crippen LogP contribution in [-0.4, -0.2) is 11.8 Å². The predicted octanol–water partition coefficient (Wildman–Crippen LogP) is 6.88. The normalized spacial score (nSPS) is 13.1. The van der Waals surface area contributed by atoms with Crippen LogP contribution in [0.25, 0.3) is 21.9 Å². The molecule has 0 aliphatic carbocycles. The van der Waals surface area contributed by atoms with E-state index in [-0.39, 0.29) is 0 Å². The van der Waals surface area contributed by atoms with Gasteiger partial charge in [0.15, 0.2) is 0 Å². The molecule has 4 heteroatoms. The number of hydrogen-bond donors (Lipinski definition) is 1. The second kappa shape index (κ2) is 10.1. The lowest BCUT2D eigenvalue weighted by molar-refractivity contribution is 0.112. The molecule has 4 rings (SSSR count). The van der Waals surface area contributed by atoms with Crippen molar-refractivity contribution >= 4 is 17.1 Å². The van der Waals surface area contributed by atoms with Crippen molar-refractivity contribution in [2.75, 3.05) is 0 Å². The Hall–Kier alpha value is -3.94. The molecule has 0 aliphatic heterocycles. The van der Waals surface area contributed by atoms with Crippen LogP contribution in [0.15, 0.2) is 84.9 Å². The molecule has 176 valence electrons. The van der Waals surface area contributed by atoms with Gasteiger partial charge in [0.25, 0.3) is 0 Å². The summed E-state index contributed by atoms with van der Waals surface area (Å²) in [4.78, 5) is 11.0. The van der Waals surface area contributed by atoms with Crippen LogP contribution in [0.5, 0.6) is 5.75 Å². The summed E-state index contributed by atoms with van der Waals surface area (Å²) in [5.41, 5.74) is 10.7. The summed E-state index contributed by atoms with van der Waals surface area (Å²) in [5.74, 6) is 0.288. The van der Waals surface area contributed by atoms with Crippen molar-refractivity contribution in [2.45, 2.75) is 38.8 Å². The number of carbonyl (C=O) groups is 1. The van der Waals surface area contributed by atoms with E-state index in [1.807, 2.05) is 69.3 Å². The quantitative estimate of drug-likeness (QED) is 0.290. The predicted molar refractivity (Wildman–Crippen MR) is 141 cm³/mol. The van der Waals surface area contributed by atoms with Crippen LogP contribution in [0.1, 0.15) is 48.4 Å². The van der Waals surface area contributed by atoms with E-state index in [2.05, 4.69) is 30.3 Å². The smallest absolute Gasteiger partial charge is 0.150 e. The van der Waals surface area contributed by atoms with E-state index in [4.69, 9.17) is 10.5 Å². The van der Waals surface area contributed by atoms with Gasteiger partial charge in [0.2, 0.25) is 0 Å². The zero-order chi connectivity index (χ0) is 25.0. The lowest BCUT2D eigenvalue weighted by Crippen LogP contribution is -2.35. The summed E-state index contributed by atoms with van der Waals surface area (Å²) >= 11 is 0. The highest BCUT2D eigenvalue weighted by Gasteiger charge is 2.28. The van der Waals surface area contributed by atoms with Gasteiger partial charge in [-0.15, -0.1) is 0 Å². The largest absolute Gasteiger partial charge is 0.484 e. The highest BCUT2D eigenvalue weighted by molar-refractivity contribution is 5.87. The average Bonchev–Trinajstić information content (AvgIpc) is 2.86. The standard InChI is InChI=1S/C31H30N2O2/c1-21(19-32)30(29-26(18-31(2,3)33)16-15-24-7-4-5-10-28(24)29)35-27-9-6-8-25(17-27)23-13-11-22(20-34)12-14-23/h4-17,20-21,30H,18,33H2,1-3H3. The van der Waals surface area contributed by atoms with Gasteiger partial charge in [0.1, 0.15) is 18.1 Å². The van der Waals surface area contributed by atoms with Gasteiger partial charge in [-0.05, 0) is 66.8 Å². The SMILES string of the molecule is CC(C#N)C(Oc1cccc(-c2ccc(C=O)cc2)c1)c1c(CC(C)(C)N)ccc2ccccc12. The molecule has 0 bridgehead atoms. The maximum atomic E-state index is 11.0. The number of fused-ring (bicyclic) bond motifs is 1. The van der Waals surface area contributed by atoms with Gasteiger partial charge in [-0.1, -0.05) is 72.8 Å². The van der Waals surface area contributed by atoms with Gasteiger partial charge in [0.05, 0.1) is 12.0 Å². The van der Waals surface area contributed by atoms with Gasteiger partial charge >= 0.3 is 0 Å². The molecule has 35 heavy (non-hydrogen) atoms.